The predicted octanol–water partition coefficient (Wildman–Crippen LogP) is 1.69. The maximum Gasteiger partial charge on any atom is 0.240 e. The third-order valence-corrected chi connectivity index (χ3v) is 4.98. The van der Waals surface area contributed by atoms with Gasteiger partial charge in [0.2, 0.25) is 10.0 Å². The lowest BCUT2D eigenvalue weighted by atomic mass is 9.79. The van der Waals surface area contributed by atoms with Crippen molar-refractivity contribution in [2.75, 3.05) is 11.9 Å². The van der Waals surface area contributed by atoms with Crippen molar-refractivity contribution in [3.8, 4) is 0 Å². The van der Waals surface area contributed by atoms with Gasteiger partial charge in [-0.15, -0.1) is 0 Å². The summed E-state index contributed by atoms with van der Waals surface area (Å²) < 4.78 is 23.0. The van der Waals surface area contributed by atoms with Crippen LogP contribution in [-0.2, 0) is 10.0 Å². The number of aliphatic hydroxyl groups is 1. The Balaban J connectivity index is 2.08. The molecule has 20 heavy (non-hydrogen) atoms. The van der Waals surface area contributed by atoms with Gasteiger partial charge in [-0.3, -0.25) is 0 Å². The molecule has 1 aliphatic carbocycles. The SMILES string of the molecule is CC1CCC(O)(CNc2ccccc2S(N)(=O)=O)CC1. The van der Waals surface area contributed by atoms with Gasteiger partial charge in [0.1, 0.15) is 4.90 Å². The summed E-state index contributed by atoms with van der Waals surface area (Å²) in [5, 5.41) is 18.7. The number of primary sulfonamides is 1. The van der Waals surface area contributed by atoms with Gasteiger partial charge in [-0.25, -0.2) is 13.6 Å². The third-order valence-electron chi connectivity index (χ3n) is 4.01. The van der Waals surface area contributed by atoms with E-state index in [2.05, 4.69) is 12.2 Å². The zero-order chi connectivity index (χ0) is 14.8. The molecular weight excluding hydrogens is 276 g/mol. The normalized spacial score (nSPS) is 27.2. The van der Waals surface area contributed by atoms with E-state index in [-0.39, 0.29) is 4.90 Å². The van der Waals surface area contributed by atoms with Gasteiger partial charge >= 0.3 is 0 Å². The minimum atomic E-state index is -3.76. The Labute approximate surface area is 120 Å². The molecule has 0 saturated heterocycles. The number of para-hydroxylation sites is 1. The first-order valence-corrected chi connectivity index (χ1v) is 8.43. The lowest BCUT2D eigenvalue weighted by Gasteiger charge is -2.35. The molecule has 6 heteroatoms. The first kappa shape index (κ1) is 15.3. The second kappa shape index (κ2) is 5.71. The van der Waals surface area contributed by atoms with Crippen LogP contribution in [0.25, 0.3) is 0 Å². The number of nitrogens with one attached hydrogen (secondary N) is 1. The average molecular weight is 298 g/mol. The van der Waals surface area contributed by atoms with Crippen LogP contribution in [0.5, 0.6) is 0 Å². The Morgan fingerprint density at radius 2 is 1.95 bits per heavy atom. The Hall–Kier alpha value is -1.11. The predicted molar refractivity (Wildman–Crippen MR) is 78.9 cm³/mol. The topological polar surface area (TPSA) is 92.4 Å². The summed E-state index contributed by atoms with van der Waals surface area (Å²) in [6.07, 6.45) is 3.46. The van der Waals surface area contributed by atoms with E-state index in [1.807, 2.05) is 0 Å². The zero-order valence-electron chi connectivity index (χ0n) is 11.7. The number of rotatable bonds is 4. The summed E-state index contributed by atoms with van der Waals surface area (Å²) in [5.74, 6) is 0.645. The molecule has 0 unspecified atom stereocenters. The Morgan fingerprint density at radius 1 is 1.35 bits per heavy atom. The van der Waals surface area contributed by atoms with Gasteiger partial charge in [0.05, 0.1) is 11.3 Å². The molecule has 2 rings (SSSR count). The van der Waals surface area contributed by atoms with Gasteiger partial charge in [-0.1, -0.05) is 19.1 Å². The first-order valence-electron chi connectivity index (χ1n) is 6.88. The van der Waals surface area contributed by atoms with E-state index in [0.717, 1.165) is 25.7 Å². The van der Waals surface area contributed by atoms with Crippen LogP contribution in [0.4, 0.5) is 5.69 Å². The minimum Gasteiger partial charge on any atom is -0.388 e. The fourth-order valence-corrected chi connectivity index (χ4v) is 3.31. The van der Waals surface area contributed by atoms with Crippen LogP contribution >= 0.6 is 0 Å². The van der Waals surface area contributed by atoms with E-state index in [1.165, 1.54) is 6.07 Å². The van der Waals surface area contributed by atoms with Gasteiger partial charge in [-0.05, 0) is 43.7 Å². The molecule has 0 bridgehead atoms. The van der Waals surface area contributed by atoms with Gasteiger partial charge < -0.3 is 10.4 Å². The van der Waals surface area contributed by atoms with Crippen LogP contribution in [0.3, 0.4) is 0 Å². The van der Waals surface area contributed by atoms with Crippen molar-refractivity contribution in [3.63, 3.8) is 0 Å². The number of hydrogen-bond acceptors (Lipinski definition) is 4. The molecule has 0 radical (unpaired) electrons. The highest BCUT2D eigenvalue weighted by molar-refractivity contribution is 7.89. The summed E-state index contributed by atoms with van der Waals surface area (Å²) >= 11 is 0. The van der Waals surface area contributed by atoms with E-state index >= 15 is 0 Å². The van der Waals surface area contributed by atoms with Crippen molar-refractivity contribution in [1.82, 2.24) is 0 Å². The van der Waals surface area contributed by atoms with E-state index in [4.69, 9.17) is 5.14 Å². The highest BCUT2D eigenvalue weighted by Gasteiger charge is 2.31. The molecule has 0 spiro atoms. The molecule has 112 valence electrons. The van der Waals surface area contributed by atoms with Crippen LogP contribution in [0.15, 0.2) is 29.2 Å². The molecule has 0 aromatic heterocycles. The van der Waals surface area contributed by atoms with Crippen molar-refractivity contribution in [2.45, 2.75) is 43.1 Å². The summed E-state index contributed by atoms with van der Waals surface area (Å²) in [4.78, 5) is 0.0628. The van der Waals surface area contributed by atoms with Crippen molar-refractivity contribution in [1.29, 1.82) is 0 Å². The molecule has 0 heterocycles. The average Bonchev–Trinajstić information content (AvgIpc) is 2.40. The van der Waals surface area contributed by atoms with Gasteiger partial charge in [0, 0.05) is 6.54 Å². The molecule has 0 amide bonds. The molecule has 1 aromatic rings. The Kier molecular flexibility index (Phi) is 4.36. The van der Waals surface area contributed by atoms with Crippen LogP contribution in [-0.4, -0.2) is 25.7 Å². The maximum atomic E-state index is 11.5. The van der Waals surface area contributed by atoms with Crippen LogP contribution in [0, 0.1) is 5.92 Å². The first-order chi connectivity index (χ1) is 9.30. The standard InChI is InChI=1S/C14H22N2O3S/c1-11-6-8-14(17,9-7-11)10-16-12-4-2-3-5-13(12)20(15,18)19/h2-5,11,16-17H,6-10H2,1H3,(H2,15,18,19). The molecule has 5 nitrogen and oxygen atoms in total. The molecule has 4 N–H and O–H groups in total. The summed E-state index contributed by atoms with van der Waals surface area (Å²) in [7, 11) is -3.76. The summed E-state index contributed by atoms with van der Waals surface area (Å²) in [6, 6.07) is 6.49. The summed E-state index contributed by atoms with van der Waals surface area (Å²) in [5.41, 5.74) is -0.320. The molecule has 1 aliphatic rings. The third kappa shape index (κ3) is 3.71. The van der Waals surface area contributed by atoms with Gasteiger partial charge in [0.25, 0.3) is 0 Å². The lowest BCUT2D eigenvalue weighted by molar-refractivity contribution is 0.00497. The number of sulfonamides is 1. The highest BCUT2D eigenvalue weighted by Crippen LogP contribution is 2.32. The number of benzene rings is 1. The van der Waals surface area contributed by atoms with Crippen molar-refractivity contribution < 1.29 is 13.5 Å². The van der Waals surface area contributed by atoms with E-state index < -0.39 is 15.6 Å². The van der Waals surface area contributed by atoms with Crippen molar-refractivity contribution >= 4 is 15.7 Å². The van der Waals surface area contributed by atoms with E-state index in [0.29, 0.717) is 18.2 Å². The smallest absolute Gasteiger partial charge is 0.240 e. The molecule has 1 saturated carbocycles. The fourth-order valence-electron chi connectivity index (χ4n) is 2.60. The lowest BCUT2D eigenvalue weighted by Crippen LogP contribution is -2.40. The van der Waals surface area contributed by atoms with E-state index in [9.17, 15) is 13.5 Å². The highest BCUT2D eigenvalue weighted by atomic mass is 32.2. The van der Waals surface area contributed by atoms with Gasteiger partial charge in [0.15, 0.2) is 0 Å². The number of hydrogen-bond donors (Lipinski definition) is 3. The maximum absolute atomic E-state index is 11.5. The summed E-state index contributed by atoms with van der Waals surface area (Å²) in [6.45, 7) is 2.52. The molecule has 0 atom stereocenters. The molecule has 0 aliphatic heterocycles. The van der Waals surface area contributed by atoms with E-state index in [1.54, 1.807) is 18.2 Å². The van der Waals surface area contributed by atoms with Gasteiger partial charge in [-0.2, -0.15) is 0 Å². The van der Waals surface area contributed by atoms with Crippen molar-refractivity contribution in [2.24, 2.45) is 11.1 Å². The monoisotopic (exact) mass is 298 g/mol. The number of anilines is 1. The molecular formula is C14H22N2O3S. The quantitative estimate of drug-likeness (QED) is 0.788. The molecule has 1 fully saturated rings. The fraction of sp³-hybridized carbons (Fsp3) is 0.571. The second-order valence-corrected chi connectivity index (χ2v) is 7.33. The van der Waals surface area contributed by atoms with Crippen LogP contribution < -0.4 is 10.5 Å². The minimum absolute atomic E-state index is 0.0628. The zero-order valence-corrected chi connectivity index (χ0v) is 12.5. The molecule has 1 aromatic carbocycles. The van der Waals surface area contributed by atoms with Crippen LogP contribution in [0.2, 0.25) is 0 Å². The van der Waals surface area contributed by atoms with Crippen LogP contribution in [0.1, 0.15) is 32.6 Å². The number of nitrogens with two attached hydrogens (primary N) is 1. The second-order valence-electron chi connectivity index (χ2n) is 5.80. The Bertz CT molecular complexity index is 564. The Morgan fingerprint density at radius 3 is 2.55 bits per heavy atom. The largest absolute Gasteiger partial charge is 0.388 e. The van der Waals surface area contributed by atoms with Crippen molar-refractivity contribution in [3.05, 3.63) is 24.3 Å².